The third-order valence-corrected chi connectivity index (χ3v) is 11.0. The van der Waals surface area contributed by atoms with Crippen molar-refractivity contribution >= 4 is 11.4 Å². The zero-order valence-corrected chi connectivity index (χ0v) is 31.5. The summed E-state index contributed by atoms with van der Waals surface area (Å²) in [6.45, 7) is 2.20. The second-order valence-electron chi connectivity index (χ2n) is 14.9. The minimum atomic E-state index is -4.82. The zero-order chi connectivity index (χ0) is 39.9. The molecule has 56 heavy (non-hydrogen) atoms. The average molecular weight is 775 g/mol. The van der Waals surface area contributed by atoms with Gasteiger partial charge in [0.2, 0.25) is 0 Å². The van der Waals surface area contributed by atoms with E-state index in [1.165, 1.54) is 98.3 Å². The summed E-state index contributed by atoms with van der Waals surface area (Å²) < 4.78 is 100. The van der Waals surface area contributed by atoms with E-state index in [9.17, 15) is 26.3 Å². The van der Waals surface area contributed by atoms with Crippen LogP contribution in [-0.2, 0) is 24.2 Å². The number of aryl methyl sites for hydroxylation is 1. The second-order valence-corrected chi connectivity index (χ2v) is 14.9. The van der Waals surface area contributed by atoms with Crippen molar-refractivity contribution in [3.8, 4) is 23.0 Å². The van der Waals surface area contributed by atoms with Crippen LogP contribution < -0.4 is 20.9 Å². The molecule has 1 saturated carbocycles. The number of alkyl halides is 6. The van der Waals surface area contributed by atoms with Crippen LogP contribution in [0.5, 0.6) is 23.0 Å². The molecule has 0 saturated heterocycles. The number of nitrogens with two attached hydrogens (primary N) is 2. The van der Waals surface area contributed by atoms with E-state index in [4.69, 9.17) is 20.9 Å². The Hall–Kier alpha value is -5.12. The number of anilines is 2. The molecule has 0 aliphatic heterocycles. The van der Waals surface area contributed by atoms with Crippen molar-refractivity contribution < 1.29 is 35.8 Å². The van der Waals surface area contributed by atoms with Gasteiger partial charge in [0.25, 0.3) is 0 Å². The molecule has 4 nitrogen and oxygen atoms in total. The fraction of sp³-hybridized carbons (Fsp3) is 0.348. The highest BCUT2D eigenvalue weighted by Gasteiger charge is 2.44. The fourth-order valence-electron chi connectivity index (χ4n) is 7.86. The lowest BCUT2D eigenvalue weighted by molar-refractivity contribution is -0.139. The van der Waals surface area contributed by atoms with Crippen molar-refractivity contribution in [1.82, 2.24) is 0 Å². The molecule has 0 bridgehead atoms. The molecule has 0 amide bonds. The molecule has 1 fully saturated rings. The molecule has 10 heteroatoms. The van der Waals surface area contributed by atoms with Crippen LogP contribution in [0.15, 0.2) is 109 Å². The lowest BCUT2D eigenvalue weighted by Gasteiger charge is -2.42. The van der Waals surface area contributed by atoms with Crippen molar-refractivity contribution in [1.29, 1.82) is 0 Å². The van der Waals surface area contributed by atoms with Crippen molar-refractivity contribution in [2.75, 3.05) is 11.5 Å². The molecule has 4 N–H and O–H groups in total. The minimum absolute atomic E-state index is 0.0941. The van der Waals surface area contributed by atoms with E-state index in [2.05, 4.69) is 31.2 Å². The maximum Gasteiger partial charge on any atom is 0.419 e. The highest BCUT2D eigenvalue weighted by molar-refractivity contribution is 5.53. The van der Waals surface area contributed by atoms with Gasteiger partial charge in [0, 0.05) is 16.8 Å². The van der Waals surface area contributed by atoms with Crippen LogP contribution >= 0.6 is 0 Å². The Labute approximate surface area is 324 Å². The first-order valence-electron chi connectivity index (χ1n) is 19.3. The van der Waals surface area contributed by atoms with E-state index in [1.54, 1.807) is 12.1 Å². The number of halogens is 6. The Morgan fingerprint density at radius 1 is 0.571 bits per heavy atom. The number of nitrogen functional groups attached to an aromatic ring is 2. The highest BCUT2D eigenvalue weighted by atomic mass is 19.4. The predicted molar refractivity (Wildman–Crippen MR) is 210 cm³/mol. The molecule has 0 unspecified atom stereocenters. The number of rotatable bonds is 14. The van der Waals surface area contributed by atoms with E-state index >= 15 is 0 Å². The second kappa shape index (κ2) is 17.3. The first-order chi connectivity index (χ1) is 26.7. The first-order valence-corrected chi connectivity index (χ1v) is 19.3. The van der Waals surface area contributed by atoms with Gasteiger partial charge in [0.1, 0.15) is 23.0 Å². The monoisotopic (exact) mass is 774 g/mol. The SMILES string of the molecule is CCCCCCCCc1ccc(C2CCC(c3ccc(Oc4ccc(N)cc4)c(C(F)(F)F)c3)(c3ccc(Oc4ccc(N)cc4)c(C(F)(F)F)c3)CC2)cc1. The molecule has 6 rings (SSSR count). The van der Waals surface area contributed by atoms with E-state index in [-0.39, 0.29) is 28.5 Å². The van der Waals surface area contributed by atoms with Crippen LogP contribution in [0.4, 0.5) is 37.7 Å². The molecule has 0 atom stereocenters. The summed E-state index contributed by atoms with van der Waals surface area (Å²) >= 11 is 0. The normalized spacial score (nSPS) is 14.8. The van der Waals surface area contributed by atoms with E-state index in [1.807, 2.05) is 0 Å². The largest absolute Gasteiger partial charge is 0.457 e. The lowest BCUT2D eigenvalue weighted by Crippen LogP contribution is -2.33. The Morgan fingerprint density at radius 2 is 1.02 bits per heavy atom. The molecule has 5 aromatic carbocycles. The van der Waals surface area contributed by atoms with Crippen LogP contribution in [-0.4, -0.2) is 0 Å². The van der Waals surface area contributed by atoms with E-state index < -0.39 is 40.4 Å². The molecule has 0 aromatic heterocycles. The van der Waals surface area contributed by atoms with Gasteiger partial charge >= 0.3 is 12.4 Å². The summed E-state index contributed by atoms with van der Waals surface area (Å²) in [5.74, 6) is -0.413. The van der Waals surface area contributed by atoms with Gasteiger partial charge in [-0.05, 0) is 139 Å². The minimum Gasteiger partial charge on any atom is -0.457 e. The van der Waals surface area contributed by atoms with Crippen LogP contribution in [0, 0.1) is 0 Å². The number of hydrogen-bond acceptors (Lipinski definition) is 4. The number of benzene rings is 5. The van der Waals surface area contributed by atoms with Gasteiger partial charge in [-0.3, -0.25) is 0 Å². The topological polar surface area (TPSA) is 70.5 Å². The van der Waals surface area contributed by atoms with Gasteiger partial charge in [0.15, 0.2) is 0 Å². The number of ether oxygens (including phenoxy) is 2. The summed E-state index contributed by atoms with van der Waals surface area (Å²) in [6.07, 6.45) is 0.432. The summed E-state index contributed by atoms with van der Waals surface area (Å²) in [5.41, 5.74) is 12.1. The molecule has 5 aromatic rings. The maximum absolute atomic E-state index is 14.8. The average Bonchev–Trinajstić information content (AvgIpc) is 3.18. The van der Waals surface area contributed by atoms with Gasteiger partial charge in [-0.2, -0.15) is 26.3 Å². The van der Waals surface area contributed by atoms with Crippen LogP contribution in [0.3, 0.4) is 0 Å². The molecule has 296 valence electrons. The number of hydrogen-bond donors (Lipinski definition) is 2. The zero-order valence-electron chi connectivity index (χ0n) is 31.5. The molecule has 0 spiro atoms. The van der Waals surface area contributed by atoms with Gasteiger partial charge < -0.3 is 20.9 Å². The van der Waals surface area contributed by atoms with E-state index in [0.717, 1.165) is 30.5 Å². The Balaban J connectivity index is 1.34. The standard InChI is InChI=1S/C46H48F6N2O2/c1-2-3-4-5-6-7-8-31-9-11-32(12-10-31)33-25-27-44(28-26-33,34-13-23-42(40(29-34)45(47,48)49)55-38-19-15-36(53)16-20-38)35-14-24-43(41(30-35)46(50,51)52)56-39-21-17-37(54)18-22-39/h9-24,29-30,33H,2-8,25-28,53-54H2,1H3. The summed E-state index contributed by atoms with van der Waals surface area (Å²) in [5, 5.41) is 0. The van der Waals surface area contributed by atoms with Gasteiger partial charge in [0.05, 0.1) is 11.1 Å². The van der Waals surface area contributed by atoms with Gasteiger partial charge in [-0.25, -0.2) is 0 Å². The van der Waals surface area contributed by atoms with Crippen molar-refractivity contribution in [3.63, 3.8) is 0 Å². The molecule has 0 heterocycles. The van der Waals surface area contributed by atoms with Gasteiger partial charge in [-0.15, -0.1) is 0 Å². The van der Waals surface area contributed by atoms with Crippen LogP contribution in [0.1, 0.15) is 110 Å². The fourth-order valence-corrected chi connectivity index (χ4v) is 7.86. The molecular weight excluding hydrogens is 727 g/mol. The quantitative estimate of drug-likeness (QED) is 0.0670. The Morgan fingerprint density at radius 3 is 1.46 bits per heavy atom. The van der Waals surface area contributed by atoms with E-state index in [0.29, 0.717) is 37.1 Å². The van der Waals surface area contributed by atoms with Crippen LogP contribution in [0.2, 0.25) is 0 Å². The lowest BCUT2D eigenvalue weighted by atomic mass is 9.62. The molecule has 1 aliphatic rings. The number of unbranched alkanes of at least 4 members (excludes halogenated alkanes) is 5. The maximum atomic E-state index is 14.8. The third-order valence-electron chi connectivity index (χ3n) is 11.0. The molecular formula is C46H48F6N2O2. The molecule has 0 radical (unpaired) electrons. The summed E-state index contributed by atoms with van der Waals surface area (Å²) in [7, 11) is 0. The Bertz CT molecular complexity index is 1920. The highest BCUT2D eigenvalue weighted by Crippen LogP contribution is 2.52. The van der Waals surface area contributed by atoms with Gasteiger partial charge in [-0.1, -0.05) is 75.4 Å². The molecule has 1 aliphatic carbocycles. The van der Waals surface area contributed by atoms with Crippen molar-refractivity contribution in [2.45, 2.75) is 101 Å². The first kappa shape index (κ1) is 40.5. The van der Waals surface area contributed by atoms with Crippen molar-refractivity contribution in [3.05, 3.63) is 143 Å². The smallest absolute Gasteiger partial charge is 0.419 e. The summed E-state index contributed by atoms with van der Waals surface area (Å²) in [4.78, 5) is 0. The Kier molecular flexibility index (Phi) is 12.6. The van der Waals surface area contributed by atoms with Crippen molar-refractivity contribution in [2.24, 2.45) is 0 Å². The summed E-state index contributed by atoms with van der Waals surface area (Å²) in [6, 6.07) is 28.2. The predicted octanol–water partition coefficient (Wildman–Crippen LogP) is 14.0. The third kappa shape index (κ3) is 9.81. The van der Waals surface area contributed by atoms with Crippen LogP contribution in [0.25, 0.3) is 0 Å².